The van der Waals surface area contributed by atoms with Crippen molar-refractivity contribution in [1.29, 1.82) is 0 Å². The van der Waals surface area contributed by atoms with Crippen molar-refractivity contribution in [1.82, 2.24) is 0 Å². The van der Waals surface area contributed by atoms with Crippen molar-refractivity contribution in [3.05, 3.63) is 59.7 Å². The van der Waals surface area contributed by atoms with E-state index in [1.165, 1.54) is 5.56 Å². The fraction of sp³-hybridized carbons (Fsp3) is 0.300. The molecular weight excluding hydrogens is 300 g/mol. The third-order valence-electron chi connectivity index (χ3n) is 4.31. The van der Waals surface area contributed by atoms with Crippen molar-refractivity contribution < 1.29 is 9.59 Å². The Morgan fingerprint density at radius 3 is 2.58 bits per heavy atom. The molecule has 3 rings (SSSR count). The molecule has 1 heterocycles. The zero-order chi connectivity index (χ0) is 16.9. The Balaban J connectivity index is 1.68. The summed E-state index contributed by atoms with van der Waals surface area (Å²) in [4.78, 5) is 26.3. The average Bonchev–Trinajstić information content (AvgIpc) is 3.04. The van der Waals surface area contributed by atoms with Crippen LogP contribution < -0.4 is 10.2 Å². The number of rotatable bonds is 5. The van der Waals surface area contributed by atoms with Gasteiger partial charge >= 0.3 is 0 Å². The van der Waals surface area contributed by atoms with Gasteiger partial charge in [0.2, 0.25) is 5.91 Å². The predicted molar refractivity (Wildman–Crippen MR) is 96.4 cm³/mol. The largest absolute Gasteiger partial charge is 0.326 e. The molecule has 0 fully saturated rings. The van der Waals surface area contributed by atoms with Gasteiger partial charge in [0.05, 0.1) is 0 Å². The van der Waals surface area contributed by atoms with E-state index in [-0.39, 0.29) is 11.8 Å². The summed E-state index contributed by atoms with van der Waals surface area (Å²) in [7, 11) is 0. The Morgan fingerprint density at radius 1 is 1.08 bits per heavy atom. The van der Waals surface area contributed by atoms with E-state index in [1.807, 2.05) is 23.1 Å². The highest BCUT2D eigenvalue weighted by Crippen LogP contribution is 2.29. The molecule has 124 valence electrons. The fourth-order valence-electron chi connectivity index (χ4n) is 2.96. The van der Waals surface area contributed by atoms with Crippen LogP contribution in [0.15, 0.2) is 48.5 Å². The summed E-state index contributed by atoms with van der Waals surface area (Å²) in [6.07, 6.45) is 3.31. The topological polar surface area (TPSA) is 49.4 Å². The van der Waals surface area contributed by atoms with Crippen molar-refractivity contribution in [2.24, 2.45) is 0 Å². The third-order valence-corrected chi connectivity index (χ3v) is 4.31. The molecule has 1 aliphatic rings. The Labute approximate surface area is 142 Å². The molecule has 0 radical (unpaired) electrons. The lowest BCUT2D eigenvalue weighted by Crippen LogP contribution is -2.28. The van der Waals surface area contributed by atoms with E-state index in [9.17, 15) is 9.59 Å². The summed E-state index contributed by atoms with van der Waals surface area (Å²) in [6.45, 7) is 2.78. The van der Waals surface area contributed by atoms with Gasteiger partial charge in [0.25, 0.3) is 5.91 Å². The molecule has 0 bridgehead atoms. The highest BCUT2D eigenvalue weighted by atomic mass is 16.2. The van der Waals surface area contributed by atoms with Crippen LogP contribution in [0.1, 0.15) is 42.1 Å². The summed E-state index contributed by atoms with van der Waals surface area (Å²) in [6, 6.07) is 15.2. The van der Waals surface area contributed by atoms with E-state index in [1.54, 1.807) is 24.3 Å². The van der Waals surface area contributed by atoms with E-state index in [2.05, 4.69) is 18.3 Å². The summed E-state index contributed by atoms with van der Waals surface area (Å²) in [5.41, 5.74) is 3.58. The summed E-state index contributed by atoms with van der Waals surface area (Å²) in [5, 5.41) is 2.86. The van der Waals surface area contributed by atoms with E-state index in [4.69, 9.17) is 0 Å². The maximum atomic E-state index is 12.7. The first kappa shape index (κ1) is 16.2. The molecule has 24 heavy (non-hydrogen) atoms. The lowest BCUT2D eigenvalue weighted by atomic mass is 10.1. The van der Waals surface area contributed by atoms with Gasteiger partial charge in [-0.05, 0) is 48.7 Å². The molecule has 0 aromatic heterocycles. The molecule has 0 saturated carbocycles. The monoisotopic (exact) mass is 322 g/mol. The lowest BCUT2D eigenvalue weighted by Gasteiger charge is -2.17. The Bertz CT molecular complexity index is 738. The number of hydrogen-bond acceptors (Lipinski definition) is 2. The summed E-state index contributed by atoms with van der Waals surface area (Å²) >= 11 is 0. The second-order valence-electron chi connectivity index (χ2n) is 6.06. The average molecular weight is 322 g/mol. The van der Waals surface area contributed by atoms with Crippen LogP contribution in [-0.4, -0.2) is 18.4 Å². The van der Waals surface area contributed by atoms with Gasteiger partial charge in [0.1, 0.15) is 0 Å². The minimum absolute atomic E-state index is 0.00353. The Morgan fingerprint density at radius 2 is 1.83 bits per heavy atom. The smallest absolute Gasteiger partial charge is 0.258 e. The van der Waals surface area contributed by atoms with Crippen LogP contribution in [0.4, 0.5) is 11.4 Å². The molecular formula is C20H22N2O2. The van der Waals surface area contributed by atoms with Gasteiger partial charge in [-0.3, -0.25) is 9.59 Å². The minimum atomic E-state index is 0.00353. The predicted octanol–water partition coefficient (Wildman–Crippen LogP) is 4.02. The molecule has 0 atom stereocenters. The fourth-order valence-corrected chi connectivity index (χ4v) is 2.96. The number of nitrogens with one attached hydrogen (secondary N) is 1. The maximum absolute atomic E-state index is 12.7. The number of benzene rings is 2. The van der Waals surface area contributed by atoms with Gasteiger partial charge in [-0.2, -0.15) is 0 Å². The number of carbonyl (C=O) groups excluding carboxylic acids is 2. The van der Waals surface area contributed by atoms with Crippen molar-refractivity contribution in [3.8, 4) is 0 Å². The molecule has 0 aliphatic carbocycles. The molecule has 0 unspecified atom stereocenters. The second kappa shape index (κ2) is 7.30. The molecule has 2 amide bonds. The molecule has 2 aromatic rings. The van der Waals surface area contributed by atoms with Crippen LogP contribution in [-0.2, 0) is 11.2 Å². The van der Waals surface area contributed by atoms with Gasteiger partial charge in [0.15, 0.2) is 0 Å². The number of nitrogens with zero attached hydrogens (tertiary/aromatic N) is 1. The minimum Gasteiger partial charge on any atom is -0.326 e. The van der Waals surface area contributed by atoms with Crippen LogP contribution in [0.2, 0.25) is 0 Å². The molecule has 4 nitrogen and oxygen atoms in total. The van der Waals surface area contributed by atoms with Crippen molar-refractivity contribution in [2.75, 3.05) is 16.8 Å². The van der Waals surface area contributed by atoms with E-state index < -0.39 is 0 Å². The SMILES string of the molecule is CCCCC(=O)Nc1ccc(C(=O)N2CCc3ccccc32)cc1. The van der Waals surface area contributed by atoms with Gasteiger partial charge < -0.3 is 10.2 Å². The lowest BCUT2D eigenvalue weighted by molar-refractivity contribution is -0.116. The third kappa shape index (κ3) is 3.48. The molecule has 1 aliphatic heterocycles. The first-order valence-corrected chi connectivity index (χ1v) is 8.48. The van der Waals surface area contributed by atoms with E-state index in [0.717, 1.165) is 30.6 Å². The number of carbonyl (C=O) groups is 2. The van der Waals surface area contributed by atoms with Crippen LogP contribution in [0.5, 0.6) is 0 Å². The van der Waals surface area contributed by atoms with Crippen LogP contribution >= 0.6 is 0 Å². The number of fused-ring (bicyclic) bond motifs is 1. The van der Waals surface area contributed by atoms with Crippen LogP contribution in [0.25, 0.3) is 0 Å². The number of anilines is 2. The Hall–Kier alpha value is -2.62. The molecule has 0 saturated heterocycles. The normalized spacial score (nSPS) is 12.8. The number of amides is 2. The standard InChI is InChI=1S/C20H22N2O2/c1-2-3-8-19(23)21-17-11-9-16(10-12-17)20(24)22-14-13-15-6-4-5-7-18(15)22/h4-7,9-12H,2-3,8,13-14H2,1H3,(H,21,23). The summed E-state index contributed by atoms with van der Waals surface area (Å²) < 4.78 is 0. The number of hydrogen-bond donors (Lipinski definition) is 1. The zero-order valence-electron chi connectivity index (χ0n) is 13.9. The van der Waals surface area contributed by atoms with Crippen LogP contribution in [0.3, 0.4) is 0 Å². The maximum Gasteiger partial charge on any atom is 0.258 e. The summed E-state index contributed by atoms with van der Waals surface area (Å²) in [5.74, 6) is 0.0215. The van der Waals surface area contributed by atoms with Gasteiger partial charge in [0, 0.05) is 29.9 Å². The van der Waals surface area contributed by atoms with Gasteiger partial charge in [-0.1, -0.05) is 31.5 Å². The number of unbranched alkanes of at least 4 members (excludes halogenated alkanes) is 1. The van der Waals surface area contributed by atoms with E-state index >= 15 is 0 Å². The molecule has 1 N–H and O–H groups in total. The van der Waals surface area contributed by atoms with Crippen LogP contribution in [0, 0.1) is 0 Å². The first-order chi connectivity index (χ1) is 11.7. The quantitative estimate of drug-likeness (QED) is 0.904. The van der Waals surface area contributed by atoms with Gasteiger partial charge in [-0.25, -0.2) is 0 Å². The second-order valence-corrected chi connectivity index (χ2v) is 6.06. The van der Waals surface area contributed by atoms with Gasteiger partial charge in [-0.15, -0.1) is 0 Å². The highest BCUT2D eigenvalue weighted by Gasteiger charge is 2.24. The molecule has 4 heteroatoms. The van der Waals surface area contributed by atoms with E-state index in [0.29, 0.717) is 18.5 Å². The van der Waals surface area contributed by atoms with Crippen molar-refractivity contribution in [2.45, 2.75) is 32.6 Å². The first-order valence-electron chi connectivity index (χ1n) is 8.48. The zero-order valence-corrected chi connectivity index (χ0v) is 13.9. The van der Waals surface area contributed by atoms with Crippen molar-refractivity contribution >= 4 is 23.2 Å². The van der Waals surface area contributed by atoms with Crippen molar-refractivity contribution in [3.63, 3.8) is 0 Å². The molecule has 2 aromatic carbocycles. The highest BCUT2D eigenvalue weighted by molar-refractivity contribution is 6.07. The number of para-hydroxylation sites is 1. The Kier molecular flexibility index (Phi) is 4.94. The molecule has 0 spiro atoms.